The Hall–Kier alpha value is -1.75. The Morgan fingerprint density at radius 2 is 2.16 bits per heavy atom. The zero-order valence-corrected chi connectivity index (χ0v) is 12.4. The molecule has 0 saturated carbocycles. The Morgan fingerprint density at radius 1 is 1.37 bits per heavy atom. The lowest BCUT2D eigenvalue weighted by Gasteiger charge is -2.11. The highest BCUT2D eigenvalue weighted by Crippen LogP contribution is 2.23. The number of carbonyl (C=O) groups is 1. The molecule has 2 aromatic rings. The molecule has 5 heteroatoms. The third kappa shape index (κ3) is 3.61. The summed E-state index contributed by atoms with van der Waals surface area (Å²) in [6, 6.07) is 7.61. The minimum absolute atomic E-state index is 0.0800. The van der Waals surface area contributed by atoms with Gasteiger partial charge in [-0.15, -0.1) is 0 Å². The average molecular weight is 323 g/mol. The Kier molecular flexibility index (Phi) is 4.27. The number of nitrogens with one attached hydrogen (secondary N) is 2. The van der Waals surface area contributed by atoms with Gasteiger partial charge in [0.25, 0.3) is 0 Å². The van der Waals surface area contributed by atoms with Gasteiger partial charge in [-0.2, -0.15) is 0 Å². The van der Waals surface area contributed by atoms with Gasteiger partial charge in [-0.05, 0) is 46.6 Å². The van der Waals surface area contributed by atoms with Gasteiger partial charge in [0.15, 0.2) is 0 Å². The van der Waals surface area contributed by atoms with Crippen molar-refractivity contribution in [1.82, 2.24) is 0 Å². The highest BCUT2D eigenvalue weighted by Gasteiger charge is 2.05. The zero-order chi connectivity index (χ0) is 13.8. The Bertz CT molecular complexity index is 593. The molecule has 1 aromatic heterocycles. The van der Waals surface area contributed by atoms with Crippen molar-refractivity contribution in [3.8, 4) is 0 Å². The van der Waals surface area contributed by atoms with Gasteiger partial charge in [0, 0.05) is 18.3 Å². The van der Waals surface area contributed by atoms with Crippen molar-refractivity contribution in [3.63, 3.8) is 0 Å². The predicted octanol–water partition coefficient (Wildman–Crippen LogP) is 3.92. The molecule has 0 fully saturated rings. The van der Waals surface area contributed by atoms with E-state index >= 15 is 0 Å². The second kappa shape index (κ2) is 5.93. The zero-order valence-electron chi connectivity index (χ0n) is 10.8. The fourth-order valence-electron chi connectivity index (χ4n) is 1.72. The number of anilines is 2. The summed E-state index contributed by atoms with van der Waals surface area (Å²) in [7, 11) is 0. The predicted molar refractivity (Wildman–Crippen MR) is 79.2 cm³/mol. The van der Waals surface area contributed by atoms with Crippen LogP contribution >= 0.6 is 15.9 Å². The van der Waals surface area contributed by atoms with Gasteiger partial charge in [0.05, 0.1) is 17.3 Å². The van der Waals surface area contributed by atoms with Crippen LogP contribution in [0.4, 0.5) is 11.4 Å². The van der Waals surface area contributed by atoms with Crippen molar-refractivity contribution in [2.24, 2.45) is 0 Å². The number of benzene rings is 1. The maximum atomic E-state index is 11.0. The summed E-state index contributed by atoms with van der Waals surface area (Å²) in [5, 5.41) is 6.06. The number of amides is 1. The van der Waals surface area contributed by atoms with E-state index in [1.54, 1.807) is 6.26 Å². The number of rotatable bonds is 4. The maximum absolute atomic E-state index is 11.0. The standard InChI is InChI=1S/C14H15BrN2O2/c1-9-3-4-11(17-10(2)18)7-13(9)16-8-14-12(15)5-6-19-14/h3-7,16H,8H2,1-2H3,(H,17,18). The maximum Gasteiger partial charge on any atom is 0.221 e. The lowest BCUT2D eigenvalue weighted by Crippen LogP contribution is -2.07. The van der Waals surface area contributed by atoms with E-state index in [1.807, 2.05) is 31.2 Å². The first-order valence-electron chi connectivity index (χ1n) is 5.90. The summed E-state index contributed by atoms with van der Waals surface area (Å²) in [5.41, 5.74) is 2.85. The van der Waals surface area contributed by atoms with Crippen LogP contribution in [0.1, 0.15) is 18.2 Å². The molecule has 0 unspecified atom stereocenters. The number of carbonyl (C=O) groups excluding carboxylic acids is 1. The molecule has 19 heavy (non-hydrogen) atoms. The molecule has 0 spiro atoms. The van der Waals surface area contributed by atoms with E-state index < -0.39 is 0 Å². The molecule has 2 N–H and O–H groups in total. The average Bonchev–Trinajstić information content (AvgIpc) is 2.75. The normalized spacial score (nSPS) is 10.3. The molecule has 100 valence electrons. The SMILES string of the molecule is CC(=O)Nc1ccc(C)c(NCc2occc2Br)c1. The highest BCUT2D eigenvalue weighted by molar-refractivity contribution is 9.10. The summed E-state index contributed by atoms with van der Waals surface area (Å²) in [6.07, 6.45) is 1.64. The van der Waals surface area contributed by atoms with Gasteiger partial charge in [0.2, 0.25) is 5.91 Å². The first-order valence-corrected chi connectivity index (χ1v) is 6.69. The van der Waals surface area contributed by atoms with E-state index in [4.69, 9.17) is 4.42 Å². The van der Waals surface area contributed by atoms with Crippen LogP contribution in [0.25, 0.3) is 0 Å². The van der Waals surface area contributed by atoms with Crippen molar-refractivity contribution in [1.29, 1.82) is 0 Å². The van der Waals surface area contributed by atoms with Gasteiger partial charge in [-0.1, -0.05) is 6.07 Å². The fourth-order valence-corrected chi connectivity index (χ4v) is 2.06. The smallest absolute Gasteiger partial charge is 0.221 e. The summed E-state index contributed by atoms with van der Waals surface area (Å²) in [6.45, 7) is 4.09. The minimum atomic E-state index is -0.0800. The van der Waals surface area contributed by atoms with E-state index in [-0.39, 0.29) is 5.91 Å². The number of hydrogen-bond acceptors (Lipinski definition) is 3. The lowest BCUT2D eigenvalue weighted by molar-refractivity contribution is -0.114. The Labute approximate surface area is 120 Å². The van der Waals surface area contributed by atoms with E-state index in [2.05, 4.69) is 26.6 Å². The molecule has 0 atom stereocenters. The first kappa shape index (κ1) is 13.7. The van der Waals surface area contributed by atoms with Gasteiger partial charge < -0.3 is 15.1 Å². The quantitative estimate of drug-likeness (QED) is 0.897. The van der Waals surface area contributed by atoms with Gasteiger partial charge in [0.1, 0.15) is 5.76 Å². The van der Waals surface area contributed by atoms with Crippen LogP contribution in [0.2, 0.25) is 0 Å². The fraction of sp³-hybridized carbons (Fsp3) is 0.214. The Morgan fingerprint density at radius 3 is 2.79 bits per heavy atom. The van der Waals surface area contributed by atoms with Crippen LogP contribution in [0.3, 0.4) is 0 Å². The van der Waals surface area contributed by atoms with E-state index in [9.17, 15) is 4.79 Å². The lowest BCUT2D eigenvalue weighted by atomic mass is 10.1. The summed E-state index contributed by atoms with van der Waals surface area (Å²) in [5.74, 6) is 0.757. The summed E-state index contributed by atoms with van der Waals surface area (Å²) < 4.78 is 6.28. The van der Waals surface area contributed by atoms with E-state index in [1.165, 1.54) is 6.92 Å². The molecule has 0 saturated heterocycles. The molecule has 0 bridgehead atoms. The third-order valence-electron chi connectivity index (χ3n) is 2.69. The third-order valence-corrected chi connectivity index (χ3v) is 3.39. The molecule has 1 aromatic carbocycles. The van der Waals surface area contributed by atoms with E-state index in [0.29, 0.717) is 6.54 Å². The molecule has 1 amide bonds. The number of hydrogen-bond donors (Lipinski definition) is 2. The highest BCUT2D eigenvalue weighted by atomic mass is 79.9. The molecule has 0 aliphatic carbocycles. The van der Waals surface area contributed by atoms with Crippen molar-refractivity contribution in [2.45, 2.75) is 20.4 Å². The summed E-state index contributed by atoms with van der Waals surface area (Å²) >= 11 is 3.41. The van der Waals surface area contributed by atoms with Crippen molar-refractivity contribution in [2.75, 3.05) is 10.6 Å². The van der Waals surface area contributed by atoms with Crippen LogP contribution in [-0.4, -0.2) is 5.91 Å². The van der Waals surface area contributed by atoms with Crippen molar-refractivity contribution in [3.05, 3.63) is 46.3 Å². The number of furan rings is 1. The number of aryl methyl sites for hydroxylation is 1. The monoisotopic (exact) mass is 322 g/mol. The molecule has 4 nitrogen and oxygen atoms in total. The molecule has 1 heterocycles. The molecule has 0 aliphatic heterocycles. The van der Waals surface area contributed by atoms with Crippen molar-refractivity contribution < 1.29 is 9.21 Å². The van der Waals surface area contributed by atoms with Gasteiger partial charge in [-0.3, -0.25) is 4.79 Å². The molecular formula is C14H15BrN2O2. The minimum Gasteiger partial charge on any atom is -0.466 e. The van der Waals surface area contributed by atoms with Crippen LogP contribution in [0, 0.1) is 6.92 Å². The molecule has 0 radical (unpaired) electrons. The number of halogens is 1. The van der Waals surface area contributed by atoms with Crippen LogP contribution in [0.5, 0.6) is 0 Å². The van der Waals surface area contributed by atoms with Gasteiger partial charge in [-0.25, -0.2) is 0 Å². The Balaban J connectivity index is 2.11. The summed E-state index contributed by atoms with van der Waals surface area (Å²) in [4.78, 5) is 11.0. The van der Waals surface area contributed by atoms with Crippen molar-refractivity contribution >= 4 is 33.2 Å². The van der Waals surface area contributed by atoms with E-state index in [0.717, 1.165) is 27.2 Å². The second-order valence-corrected chi connectivity index (χ2v) is 5.11. The van der Waals surface area contributed by atoms with Gasteiger partial charge >= 0.3 is 0 Å². The topological polar surface area (TPSA) is 54.3 Å². The molecule has 0 aliphatic rings. The molecule has 2 rings (SSSR count). The second-order valence-electron chi connectivity index (χ2n) is 4.26. The van der Waals surface area contributed by atoms with Crippen LogP contribution in [0.15, 0.2) is 39.4 Å². The first-order chi connectivity index (χ1) is 9.06. The van der Waals surface area contributed by atoms with Crippen LogP contribution in [-0.2, 0) is 11.3 Å². The largest absolute Gasteiger partial charge is 0.466 e. The molecular weight excluding hydrogens is 308 g/mol. The van der Waals surface area contributed by atoms with Crippen LogP contribution < -0.4 is 10.6 Å².